The van der Waals surface area contributed by atoms with E-state index in [1.165, 1.54) is 12.1 Å². The maximum Gasteiger partial charge on any atom is 0.262 e. The van der Waals surface area contributed by atoms with Gasteiger partial charge in [-0.3, -0.25) is 4.79 Å². The van der Waals surface area contributed by atoms with Gasteiger partial charge in [-0.25, -0.2) is 4.39 Å². The lowest BCUT2D eigenvalue weighted by atomic mass is 10.1. The fourth-order valence-corrected chi connectivity index (χ4v) is 1.77. The summed E-state index contributed by atoms with van der Waals surface area (Å²) in [6.07, 6.45) is 0. The first-order valence-corrected chi connectivity index (χ1v) is 6.59. The van der Waals surface area contributed by atoms with Crippen molar-refractivity contribution in [2.45, 2.75) is 13.0 Å². The average molecular weight is 288 g/mol. The molecule has 2 aromatic carbocycles. The van der Waals surface area contributed by atoms with Gasteiger partial charge in [-0.05, 0) is 36.8 Å². The summed E-state index contributed by atoms with van der Waals surface area (Å²) in [5, 5.41) is 2.45. The fourth-order valence-electron chi connectivity index (χ4n) is 1.77. The molecule has 0 saturated carbocycles. The van der Waals surface area contributed by atoms with Gasteiger partial charge in [0.15, 0.2) is 6.61 Å². The molecule has 0 aliphatic heterocycles. The molecule has 5 heteroatoms. The van der Waals surface area contributed by atoms with Gasteiger partial charge in [0.05, 0.1) is 5.69 Å². The molecule has 2 rings (SSSR count). The highest BCUT2D eigenvalue weighted by atomic mass is 19.1. The van der Waals surface area contributed by atoms with Gasteiger partial charge in [-0.2, -0.15) is 0 Å². The van der Waals surface area contributed by atoms with Crippen molar-refractivity contribution >= 4 is 11.6 Å². The van der Waals surface area contributed by atoms with Crippen LogP contribution >= 0.6 is 0 Å². The summed E-state index contributed by atoms with van der Waals surface area (Å²) < 4.78 is 18.7. The molecule has 0 fully saturated rings. The lowest BCUT2D eigenvalue weighted by Crippen LogP contribution is -2.20. The second-order valence-corrected chi connectivity index (χ2v) is 4.67. The van der Waals surface area contributed by atoms with E-state index in [2.05, 4.69) is 5.32 Å². The Kier molecular flexibility index (Phi) is 4.90. The van der Waals surface area contributed by atoms with Crippen LogP contribution in [0.4, 0.5) is 10.1 Å². The van der Waals surface area contributed by atoms with Crippen LogP contribution < -0.4 is 15.8 Å². The second kappa shape index (κ2) is 6.85. The summed E-state index contributed by atoms with van der Waals surface area (Å²) >= 11 is 0. The van der Waals surface area contributed by atoms with Crippen molar-refractivity contribution in [2.24, 2.45) is 5.73 Å². The van der Waals surface area contributed by atoms with Crippen LogP contribution in [0.2, 0.25) is 0 Å². The molecule has 0 bridgehead atoms. The summed E-state index contributed by atoms with van der Waals surface area (Å²) in [6, 6.07) is 13.1. The second-order valence-electron chi connectivity index (χ2n) is 4.67. The molecule has 3 N–H and O–H groups in total. The Labute approximate surface area is 122 Å². The Morgan fingerprint density at radius 3 is 2.52 bits per heavy atom. The molecule has 1 unspecified atom stereocenters. The Bertz CT molecular complexity index is 612. The van der Waals surface area contributed by atoms with E-state index in [-0.39, 0.29) is 18.3 Å². The summed E-state index contributed by atoms with van der Waals surface area (Å²) in [5.41, 5.74) is 6.87. The molecule has 0 aromatic heterocycles. The largest absolute Gasteiger partial charge is 0.484 e. The molecule has 0 heterocycles. The number of benzene rings is 2. The van der Waals surface area contributed by atoms with Gasteiger partial charge in [0.1, 0.15) is 11.6 Å². The molecule has 0 saturated heterocycles. The third kappa shape index (κ3) is 4.29. The van der Waals surface area contributed by atoms with Crippen molar-refractivity contribution < 1.29 is 13.9 Å². The van der Waals surface area contributed by atoms with E-state index >= 15 is 0 Å². The number of anilines is 1. The number of para-hydroxylation sites is 1. The molecule has 21 heavy (non-hydrogen) atoms. The zero-order chi connectivity index (χ0) is 15.2. The highest BCUT2D eigenvalue weighted by molar-refractivity contribution is 5.91. The Morgan fingerprint density at radius 1 is 1.24 bits per heavy atom. The predicted molar refractivity (Wildman–Crippen MR) is 79.6 cm³/mol. The van der Waals surface area contributed by atoms with E-state index < -0.39 is 11.7 Å². The van der Waals surface area contributed by atoms with Crippen molar-refractivity contribution in [2.75, 3.05) is 11.9 Å². The zero-order valence-corrected chi connectivity index (χ0v) is 11.7. The van der Waals surface area contributed by atoms with Crippen LogP contribution in [0.1, 0.15) is 18.5 Å². The predicted octanol–water partition coefficient (Wildman–Crippen LogP) is 2.86. The minimum Gasteiger partial charge on any atom is -0.484 e. The monoisotopic (exact) mass is 288 g/mol. The average Bonchev–Trinajstić information content (AvgIpc) is 2.48. The van der Waals surface area contributed by atoms with Crippen molar-refractivity contribution in [3.05, 3.63) is 59.9 Å². The van der Waals surface area contributed by atoms with Gasteiger partial charge in [0, 0.05) is 6.04 Å². The summed E-state index contributed by atoms with van der Waals surface area (Å²) in [6.45, 7) is 1.70. The van der Waals surface area contributed by atoms with E-state index in [4.69, 9.17) is 10.5 Å². The first-order valence-electron chi connectivity index (χ1n) is 6.59. The topological polar surface area (TPSA) is 64.3 Å². The Hall–Kier alpha value is -2.40. The maximum atomic E-state index is 13.4. The molecule has 0 spiro atoms. The van der Waals surface area contributed by atoms with Crippen molar-refractivity contribution in [1.82, 2.24) is 0 Å². The lowest BCUT2D eigenvalue weighted by molar-refractivity contribution is -0.118. The van der Waals surface area contributed by atoms with Gasteiger partial charge >= 0.3 is 0 Å². The Balaban J connectivity index is 1.88. The molecule has 110 valence electrons. The SMILES string of the molecule is CC(N)c1ccc(OCC(=O)Nc2ccccc2F)cc1. The summed E-state index contributed by atoms with van der Waals surface area (Å²) in [7, 11) is 0. The molecule has 4 nitrogen and oxygen atoms in total. The minimum atomic E-state index is -0.480. The van der Waals surface area contributed by atoms with Crippen LogP contribution in [0.5, 0.6) is 5.75 Å². The third-order valence-corrected chi connectivity index (χ3v) is 2.92. The number of carbonyl (C=O) groups excluding carboxylic acids is 1. The lowest BCUT2D eigenvalue weighted by Gasteiger charge is -2.09. The van der Waals surface area contributed by atoms with Crippen LogP contribution in [0, 0.1) is 5.82 Å². The van der Waals surface area contributed by atoms with Crippen LogP contribution in [-0.2, 0) is 4.79 Å². The molecule has 0 aliphatic rings. The zero-order valence-electron chi connectivity index (χ0n) is 11.7. The number of hydrogen-bond acceptors (Lipinski definition) is 3. The van der Waals surface area contributed by atoms with Crippen LogP contribution in [0.25, 0.3) is 0 Å². The van der Waals surface area contributed by atoms with Crippen molar-refractivity contribution in [3.63, 3.8) is 0 Å². The number of hydrogen-bond donors (Lipinski definition) is 2. The first-order chi connectivity index (χ1) is 10.1. The van der Waals surface area contributed by atoms with Gasteiger partial charge in [0.25, 0.3) is 5.91 Å². The van der Waals surface area contributed by atoms with E-state index in [1.54, 1.807) is 24.3 Å². The highest BCUT2D eigenvalue weighted by Gasteiger charge is 2.07. The number of amides is 1. The minimum absolute atomic E-state index is 0.0524. The third-order valence-electron chi connectivity index (χ3n) is 2.92. The van der Waals surface area contributed by atoms with Gasteiger partial charge in [0.2, 0.25) is 0 Å². The number of nitrogens with two attached hydrogens (primary N) is 1. The van der Waals surface area contributed by atoms with Crippen molar-refractivity contribution in [3.8, 4) is 5.75 Å². The highest BCUT2D eigenvalue weighted by Crippen LogP contribution is 2.16. The number of ether oxygens (including phenoxy) is 1. The molecular weight excluding hydrogens is 271 g/mol. The molecular formula is C16H17FN2O2. The Morgan fingerprint density at radius 2 is 1.90 bits per heavy atom. The summed E-state index contributed by atoms with van der Waals surface area (Å²) in [4.78, 5) is 11.7. The maximum absolute atomic E-state index is 13.4. The van der Waals surface area contributed by atoms with Gasteiger partial charge < -0.3 is 15.8 Å². The number of rotatable bonds is 5. The molecule has 2 aromatic rings. The van der Waals surface area contributed by atoms with Crippen LogP contribution in [-0.4, -0.2) is 12.5 Å². The van der Waals surface area contributed by atoms with E-state index in [9.17, 15) is 9.18 Å². The fraction of sp³-hybridized carbons (Fsp3) is 0.188. The van der Waals surface area contributed by atoms with E-state index in [0.29, 0.717) is 5.75 Å². The van der Waals surface area contributed by atoms with Gasteiger partial charge in [-0.15, -0.1) is 0 Å². The normalized spacial score (nSPS) is 11.8. The first kappa shape index (κ1) is 15.0. The molecule has 0 radical (unpaired) electrons. The number of carbonyl (C=O) groups is 1. The van der Waals surface area contributed by atoms with Crippen molar-refractivity contribution in [1.29, 1.82) is 0 Å². The quantitative estimate of drug-likeness (QED) is 0.889. The number of halogens is 1. The van der Waals surface area contributed by atoms with E-state index in [1.807, 2.05) is 19.1 Å². The van der Waals surface area contributed by atoms with Crippen LogP contribution in [0.15, 0.2) is 48.5 Å². The smallest absolute Gasteiger partial charge is 0.262 e. The number of nitrogens with one attached hydrogen (secondary N) is 1. The summed E-state index contributed by atoms with van der Waals surface area (Å²) in [5.74, 6) is -0.341. The van der Waals surface area contributed by atoms with Gasteiger partial charge in [-0.1, -0.05) is 24.3 Å². The molecule has 1 amide bonds. The van der Waals surface area contributed by atoms with Crippen LogP contribution in [0.3, 0.4) is 0 Å². The molecule has 1 atom stereocenters. The van der Waals surface area contributed by atoms with E-state index in [0.717, 1.165) is 5.56 Å². The molecule has 0 aliphatic carbocycles. The standard InChI is InChI=1S/C16H17FN2O2/c1-11(18)12-6-8-13(9-7-12)21-10-16(20)19-15-5-3-2-4-14(15)17/h2-9,11H,10,18H2,1H3,(H,19,20).